The highest BCUT2D eigenvalue weighted by molar-refractivity contribution is 5.92. The number of H-pyrrole nitrogens is 1. The lowest BCUT2D eigenvalue weighted by atomic mass is 10.2. The molecule has 3 rings (SSSR count). The molecule has 0 saturated heterocycles. The fraction of sp³-hybridized carbons (Fsp3) is 0.250. The molecule has 0 radical (unpaired) electrons. The molecule has 0 aromatic carbocycles. The van der Waals surface area contributed by atoms with Crippen molar-refractivity contribution in [2.24, 2.45) is 5.73 Å². The number of aromatic amines is 1. The van der Waals surface area contributed by atoms with Gasteiger partial charge >= 0.3 is 5.97 Å². The number of anilines is 1. The molecule has 27 heavy (non-hydrogen) atoms. The molecule has 0 aliphatic carbocycles. The Morgan fingerprint density at radius 1 is 1.37 bits per heavy atom. The normalized spacial score (nSPS) is 11.2. The summed E-state index contributed by atoms with van der Waals surface area (Å²) in [4.78, 5) is 39.9. The average Bonchev–Trinajstić information content (AvgIpc) is 3.17. The fourth-order valence-corrected chi connectivity index (χ4v) is 1.97. The number of pyridine rings is 1. The summed E-state index contributed by atoms with van der Waals surface area (Å²) in [5.41, 5.74) is 6.57. The van der Waals surface area contributed by atoms with E-state index in [1.165, 1.54) is 26.0 Å². The van der Waals surface area contributed by atoms with Crippen LogP contribution in [0.15, 0.2) is 37.2 Å². The molecule has 1 amide bonds. The molecule has 142 valence electrons. The van der Waals surface area contributed by atoms with Crippen LogP contribution in [-0.2, 0) is 9.53 Å². The zero-order valence-electron chi connectivity index (χ0n) is 14.5. The number of nitrogens with two attached hydrogens (primary N) is 1. The highest BCUT2D eigenvalue weighted by Crippen LogP contribution is 2.14. The van der Waals surface area contributed by atoms with E-state index >= 15 is 0 Å². The third-order valence-electron chi connectivity index (χ3n) is 3.30. The van der Waals surface area contributed by atoms with E-state index < -0.39 is 18.0 Å². The predicted octanol–water partition coefficient (Wildman–Crippen LogP) is -0.131. The van der Waals surface area contributed by atoms with E-state index in [-0.39, 0.29) is 13.0 Å². The van der Waals surface area contributed by atoms with Crippen LogP contribution >= 0.6 is 0 Å². The number of nitrogens with one attached hydrogen (secondary N) is 2. The highest BCUT2D eigenvalue weighted by atomic mass is 16.5. The maximum absolute atomic E-state index is 11.0. The van der Waals surface area contributed by atoms with Crippen molar-refractivity contribution in [1.29, 1.82) is 0 Å². The van der Waals surface area contributed by atoms with Gasteiger partial charge in [-0.05, 0) is 12.1 Å². The molecule has 3 aromatic rings. The van der Waals surface area contributed by atoms with Gasteiger partial charge in [0.05, 0.1) is 31.5 Å². The molecule has 0 fully saturated rings. The summed E-state index contributed by atoms with van der Waals surface area (Å²) in [6.45, 7) is 0.181. The van der Waals surface area contributed by atoms with Gasteiger partial charge in [0.1, 0.15) is 11.8 Å². The van der Waals surface area contributed by atoms with Crippen molar-refractivity contribution in [3.8, 4) is 0 Å². The molecule has 0 saturated carbocycles. The van der Waals surface area contributed by atoms with Gasteiger partial charge in [-0.15, -0.1) is 0 Å². The van der Waals surface area contributed by atoms with Crippen molar-refractivity contribution in [2.75, 3.05) is 19.0 Å². The quantitative estimate of drug-likeness (QED) is 0.430. The Morgan fingerprint density at radius 2 is 2.19 bits per heavy atom. The molecule has 3 heterocycles. The molecular formula is C16H19N7O4. The van der Waals surface area contributed by atoms with Gasteiger partial charge in [-0.3, -0.25) is 14.6 Å². The molecule has 0 aliphatic heterocycles. The second-order valence-corrected chi connectivity index (χ2v) is 5.24. The molecule has 0 bridgehead atoms. The maximum Gasteiger partial charge on any atom is 0.308 e. The standard InChI is InChI=1S/C10H13N5O3.C6H6N2O/c1-18-7(17)2-6(16)3-11-9-8-10(13-4-12-8)15-5-14-9;7-6(9)5-2-1-3-8-4-5/h4-6,16H,2-3H2,1H3,(H2,11,12,13,14,15);1-4H,(H2,7,9). The Hall–Kier alpha value is -3.60. The van der Waals surface area contributed by atoms with E-state index in [9.17, 15) is 14.7 Å². The summed E-state index contributed by atoms with van der Waals surface area (Å²) in [5, 5.41) is 12.5. The average molecular weight is 373 g/mol. The monoisotopic (exact) mass is 373 g/mol. The second kappa shape index (κ2) is 9.77. The van der Waals surface area contributed by atoms with Crippen molar-refractivity contribution in [3.63, 3.8) is 0 Å². The van der Waals surface area contributed by atoms with Crippen LogP contribution in [0.25, 0.3) is 11.2 Å². The second-order valence-electron chi connectivity index (χ2n) is 5.24. The number of hydrogen-bond donors (Lipinski definition) is 4. The number of aliphatic hydroxyl groups excluding tert-OH is 1. The topological polar surface area (TPSA) is 169 Å². The number of nitrogens with zero attached hydrogens (tertiary/aromatic N) is 4. The number of amides is 1. The minimum atomic E-state index is -0.842. The first-order valence-electron chi connectivity index (χ1n) is 7.84. The van der Waals surface area contributed by atoms with E-state index in [1.807, 2.05) is 0 Å². The molecule has 0 spiro atoms. The first kappa shape index (κ1) is 19.7. The van der Waals surface area contributed by atoms with Crippen molar-refractivity contribution in [3.05, 3.63) is 42.7 Å². The van der Waals surface area contributed by atoms with Crippen LogP contribution < -0.4 is 11.1 Å². The van der Waals surface area contributed by atoms with Crippen LogP contribution in [0, 0.1) is 0 Å². The van der Waals surface area contributed by atoms with Crippen LogP contribution in [0.5, 0.6) is 0 Å². The number of aliphatic hydroxyl groups is 1. The fourth-order valence-electron chi connectivity index (χ4n) is 1.97. The first-order valence-corrected chi connectivity index (χ1v) is 7.84. The Bertz CT molecular complexity index is 885. The van der Waals surface area contributed by atoms with E-state index in [1.54, 1.807) is 18.3 Å². The smallest absolute Gasteiger partial charge is 0.308 e. The van der Waals surface area contributed by atoms with Crippen molar-refractivity contribution in [2.45, 2.75) is 12.5 Å². The van der Waals surface area contributed by atoms with Crippen molar-refractivity contribution >= 4 is 28.9 Å². The minimum absolute atomic E-state index is 0.0687. The minimum Gasteiger partial charge on any atom is -0.469 e. The van der Waals surface area contributed by atoms with Gasteiger partial charge in [0.25, 0.3) is 0 Å². The number of carbonyl (C=O) groups excluding carboxylic acids is 2. The number of esters is 1. The number of aromatic nitrogens is 5. The number of methoxy groups -OCH3 is 1. The Kier molecular flexibility index (Phi) is 7.14. The van der Waals surface area contributed by atoms with E-state index in [2.05, 4.69) is 35.0 Å². The van der Waals surface area contributed by atoms with E-state index in [4.69, 9.17) is 5.73 Å². The van der Waals surface area contributed by atoms with E-state index in [0.717, 1.165) is 0 Å². The lowest BCUT2D eigenvalue weighted by Crippen LogP contribution is -2.23. The SMILES string of the molecule is COC(=O)CC(O)CNc1ncnc2nc[nH]c12.NC(=O)c1cccnc1. The van der Waals surface area contributed by atoms with Crippen molar-refractivity contribution in [1.82, 2.24) is 24.9 Å². The molecule has 11 nitrogen and oxygen atoms in total. The Morgan fingerprint density at radius 3 is 2.81 bits per heavy atom. The lowest BCUT2D eigenvalue weighted by molar-refractivity contribution is -0.142. The van der Waals surface area contributed by atoms with Gasteiger partial charge in [-0.25, -0.2) is 15.0 Å². The number of ether oxygens (including phenoxy) is 1. The number of imidazole rings is 1. The molecule has 5 N–H and O–H groups in total. The van der Waals surface area contributed by atoms with Gasteiger partial charge in [0, 0.05) is 18.9 Å². The largest absolute Gasteiger partial charge is 0.469 e. The number of hydrogen-bond acceptors (Lipinski definition) is 9. The number of fused-ring (bicyclic) bond motifs is 1. The molecule has 0 aliphatic rings. The summed E-state index contributed by atoms with van der Waals surface area (Å²) in [5.74, 6) is -0.372. The molecule has 11 heteroatoms. The summed E-state index contributed by atoms with van der Waals surface area (Å²) in [6, 6.07) is 3.29. The molecule has 1 atom stereocenters. The van der Waals surface area contributed by atoms with Crippen LogP contribution in [0.3, 0.4) is 0 Å². The van der Waals surface area contributed by atoms with Gasteiger partial charge in [-0.1, -0.05) is 0 Å². The third kappa shape index (κ3) is 6.01. The summed E-state index contributed by atoms with van der Waals surface area (Å²) in [7, 11) is 1.28. The number of rotatable bonds is 6. The molecular weight excluding hydrogens is 354 g/mol. The molecule has 3 aromatic heterocycles. The zero-order valence-corrected chi connectivity index (χ0v) is 14.5. The zero-order chi connectivity index (χ0) is 19.6. The summed E-state index contributed by atoms with van der Waals surface area (Å²) >= 11 is 0. The summed E-state index contributed by atoms with van der Waals surface area (Å²) in [6.07, 6.45) is 4.99. The van der Waals surface area contributed by atoms with Gasteiger partial charge in [-0.2, -0.15) is 0 Å². The Balaban J connectivity index is 0.000000244. The van der Waals surface area contributed by atoms with Crippen molar-refractivity contribution < 1.29 is 19.4 Å². The predicted molar refractivity (Wildman–Crippen MR) is 95.6 cm³/mol. The van der Waals surface area contributed by atoms with Gasteiger partial charge in [0.15, 0.2) is 11.5 Å². The van der Waals surface area contributed by atoms with Crippen LogP contribution in [0.1, 0.15) is 16.8 Å². The van der Waals surface area contributed by atoms with E-state index in [0.29, 0.717) is 22.5 Å². The number of carbonyl (C=O) groups is 2. The Labute approximate surface area is 154 Å². The van der Waals surface area contributed by atoms with Gasteiger partial charge < -0.3 is 25.9 Å². The maximum atomic E-state index is 11.0. The lowest BCUT2D eigenvalue weighted by Gasteiger charge is -2.11. The van der Waals surface area contributed by atoms with Crippen LogP contribution in [-0.4, -0.2) is 61.7 Å². The highest BCUT2D eigenvalue weighted by Gasteiger charge is 2.12. The van der Waals surface area contributed by atoms with Crippen LogP contribution in [0.2, 0.25) is 0 Å². The first-order chi connectivity index (χ1) is 13.0. The van der Waals surface area contributed by atoms with Crippen LogP contribution in [0.4, 0.5) is 5.82 Å². The third-order valence-corrected chi connectivity index (χ3v) is 3.30. The summed E-state index contributed by atoms with van der Waals surface area (Å²) < 4.78 is 4.46. The van der Waals surface area contributed by atoms with Gasteiger partial charge in [0.2, 0.25) is 5.91 Å². The number of primary amides is 1. The molecule has 1 unspecified atom stereocenters.